The van der Waals surface area contributed by atoms with Gasteiger partial charge in [0, 0.05) is 18.6 Å². The molecule has 21 heavy (non-hydrogen) atoms. The molecule has 2 fully saturated rings. The Balaban J connectivity index is 1.77. The average molecular weight is 286 g/mol. The van der Waals surface area contributed by atoms with E-state index in [0.29, 0.717) is 6.04 Å². The number of nitrogens with zero attached hydrogens (tertiary/aromatic N) is 1. The Kier molecular flexibility index (Phi) is 4.97. The molecule has 1 aliphatic carbocycles. The molecule has 2 N–H and O–H groups in total. The third kappa shape index (κ3) is 3.17. The van der Waals surface area contributed by atoms with Gasteiger partial charge >= 0.3 is 0 Å². The van der Waals surface area contributed by atoms with Crippen molar-refractivity contribution in [1.82, 2.24) is 4.90 Å². The van der Waals surface area contributed by atoms with Crippen LogP contribution in [0, 0.1) is 5.92 Å². The molecule has 0 bridgehead atoms. The molecule has 0 aromatic heterocycles. The van der Waals surface area contributed by atoms with Gasteiger partial charge in [-0.1, -0.05) is 44.0 Å². The number of hydrogen-bond donors (Lipinski definition) is 1. The topological polar surface area (TPSA) is 29.3 Å². The highest BCUT2D eigenvalue weighted by atomic mass is 15.2. The summed E-state index contributed by atoms with van der Waals surface area (Å²) in [6.07, 6.45) is 9.60. The molecule has 2 nitrogen and oxygen atoms in total. The van der Waals surface area contributed by atoms with Gasteiger partial charge in [-0.3, -0.25) is 4.90 Å². The maximum absolute atomic E-state index is 6.17. The third-order valence-corrected chi connectivity index (χ3v) is 5.68. The van der Waals surface area contributed by atoms with Gasteiger partial charge in [-0.25, -0.2) is 0 Å². The molecule has 1 heterocycles. The summed E-state index contributed by atoms with van der Waals surface area (Å²) in [5.41, 5.74) is 9.01. The fourth-order valence-electron chi connectivity index (χ4n) is 4.49. The van der Waals surface area contributed by atoms with E-state index >= 15 is 0 Å². The highest BCUT2D eigenvalue weighted by Crippen LogP contribution is 2.39. The largest absolute Gasteiger partial charge is 0.329 e. The number of nitrogens with two attached hydrogens (primary N) is 1. The summed E-state index contributed by atoms with van der Waals surface area (Å²) < 4.78 is 0. The van der Waals surface area contributed by atoms with Crippen LogP contribution < -0.4 is 5.73 Å². The van der Waals surface area contributed by atoms with E-state index in [4.69, 9.17) is 5.73 Å². The molecule has 1 aromatic rings. The van der Waals surface area contributed by atoms with Gasteiger partial charge < -0.3 is 5.73 Å². The normalized spacial score (nSPS) is 25.5. The molecule has 3 rings (SSSR count). The highest BCUT2D eigenvalue weighted by molar-refractivity contribution is 5.26. The SMILES string of the molecule is CCc1ccc(C(CN)N2CCCC2C2CCCC2)cc1. The van der Waals surface area contributed by atoms with Crippen LogP contribution in [0.25, 0.3) is 0 Å². The predicted molar refractivity (Wildman–Crippen MR) is 89.3 cm³/mol. The summed E-state index contributed by atoms with van der Waals surface area (Å²) >= 11 is 0. The van der Waals surface area contributed by atoms with Crippen molar-refractivity contribution >= 4 is 0 Å². The molecule has 0 spiro atoms. The lowest BCUT2D eigenvalue weighted by molar-refractivity contribution is 0.138. The van der Waals surface area contributed by atoms with Gasteiger partial charge in [-0.05, 0) is 55.7 Å². The number of likely N-dealkylation sites (tertiary alicyclic amines) is 1. The fourth-order valence-corrected chi connectivity index (χ4v) is 4.49. The molecule has 116 valence electrons. The van der Waals surface area contributed by atoms with Crippen LogP contribution in [0.3, 0.4) is 0 Å². The van der Waals surface area contributed by atoms with Crippen molar-refractivity contribution < 1.29 is 0 Å². The van der Waals surface area contributed by atoms with E-state index in [-0.39, 0.29) is 0 Å². The van der Waals surface area contributed by atoms with Crippen LogP contribution >= 0.6 is 0 Å². The van der Waals surface area contributed by atoms with Gasteiger partial charge in [0.2, 0.25) is 0 Å². The number of benzene rings is 1. The number of hydrogen-bond acceptors (Lipinski definition) is 2. The maximum atomic E-state index is 6.17. The Morgan fingerprint density at radius 1 is 1.10 bits per heavy atom. The Hall–Kier alpha value is -0.860. The molecule has 1 saturated heterocycles. The van der Waals surface area contributed by atoms with Gasteiger partial charge in [0.15, 0.2) is 0 Å². The van der Waals surface area contributed by atoms with Crippen LogP contribution in [0.2, 0.25) is 0 Å². The molecule has 2 unspecified atom stereocenters. The van der Waals surface area contributed by atoms with Crippen molar-refractivity contribution in [3.63, 3.8) is 0 Å². The van der Waals surface area contributed by atoms with E-state index in [2.05, 4.69) is 36.1 Å². The molecule has 0 radical (unpaired) electrons. The highest BCUT2D eigenvalue weighted by Gasteiger charge is 2.36. The van der Waals surface area contributed by atoms with Crippen molar-refractivity contribution in [2.45, 2.75) is 64.0 Å². The van der Waals surface area contributed by atoms with E-state index in [1.165, 1.54) is 56.2 Å². The standard InChI is InChI=1S/C19H30N2/c1-2-15-9-11-17(12-10-15)19(14-20)21-13-5-8-18(21)16-6-3-4-7-16/h9-12,16,18-19H,2-8,13-14,20H2,1H3. The molecular weight excluding hydrogens is 256 g/mol. The second kappa shape index (κ2) is 6.93. The smallest absolute Gasteiger partial charge is 0.0473 e. The average Bonchev–Trinajstić information content (AvgIpc) is 3.19. The van der Waals surface area contributed by atoms with Gasteiger partial charge in [-0.2, -0.15) is 0 Å². The maximum Gasteiger partial charge on any atom is 0.0473 e. The summed E-state index contributed by atoms with van der Waals surface area (Å²) in [5.74, 6) is 0.927. The van der Waals surface area contributed by atoms with Crippen molar-refractivity contribution in [2.75, 3.05) is 13.1 Å². The summed E-state index contributed by atoms with van der Waals surface area (Å²) in [7, 11) is 0. The molecule has 2 heteroatoms. The fraction of sp³-hybridized carbons (Fsp3) is 0.684. The lowest BCUT2D eigenvalue weighted by atomic mass is 9.93. The summed E-state index contributed by atoms with van der Waals surface area (Å²) in [5, 5.41) is 0. The number of rotatable bonds is 5. The Labute approximate surface area is 129 Å². The monoisotopic (exact) mass is 286 g/mol. The zero-order chi connectivity index (χ0) is 14.7. The predicted octanol–water partition coefficient (Wildman–Crippen LogP) is 3.90. The summed E-state index contributed by atoms with van der Waals surface area (Å²) in [4.78, 5) is 2.73. The first-order chi connectivity index (χ1) is 10.3. The van der Waals surface area contributed by atoms with Crippen LogP contribution in [-0.2, 0) is 6.42 Å². The Bertz CT molecular complexity index is 433. The lowest BCUT2D eigenvalue weighted by Gasteiger charge is -2.36. The van der Waals surface area contributed by atoms with E-state index in [9.17, 15) is 0 Å². The second-order valence-electron chi connectivity index (χ2n) is 6.84. The third-order valence-electron chi connectivity index (χ3n) is 5.68. The molecule has 2 atom stereocenters. The van der Waals surface area contributed by atoms with Crippen LogP contribution in [-0.4, -0.2) is 24.0 Å². The minimum atomic E-state index is 0.420. The van der Waals surface area contributed by atoms with E-state index in [1.54, 1.807) is 0 Å². The van der Waals surface area contributed by atoms with E-state index in [1.807, 2.05) is 0 Å². The molecule has 1 aromatic carbocycles. The first-order valence-electron chi connectivity index (χ1n) is 8.88. The van der Waals surface area contributed by atoms with Crippen molar-refractivity contribution in [1.29, 1.82) is 0 Å². The molecule has 2 aliphatic rings. The van der Waals surface area contributed by atoms with E-state index in [0.717, 1.165) is 24.9 Å². The van der Waals surface area contributed by atoms with Gasteiger partial charge in [0.25, 0.3) is 0 Å². The van der Waals surface area contributed by atoms with E-state index < -0.39 is 0 Å². The van der Waals surface area contributed by atoms with Gasteiger partial charge in [-0.15, -0.1) is 0 Å². The van der Waals surface area contributed by atoms with Crippen LogP contribution in [0.5, 0.6) is 0 Å². The zero-order valence-electron chi connectivity index (χ0n) is 13.4. The van der Waals surface area contributed by atoms with Crippen LogP contribution in [0.1, 0.15) is 62.6 Å². The Morgan fingerprint density at radius 3 is 2.43 bits per heavy atom. The van der Waals surface area contributed by atoms with Crippen LogP contribution in [0.15, 0.2) is 24.3 Å². The van der Waals surface area contributed by atoms with Crippen molar-refractivity contribution in [3.05, 3.63) is 35.4 Å². The van der Waals surface area contributed by atoms with Gasteiger partial charge in [0.05, 0.1) is 0 Å². The second-order valence-corrected chi connectivity index (χ2v) is 6.84. The lowest BCUT2D eigenvalue weighted by Crippen LogP contribution is -2.40. The molecular formula is C19H30N2. The van der Waals surface area contributed by atoms with Crippen LogP contribution in [0.4, 0.5) is 0 Å². The van der Waals surface area contributed by atoms with Crippen molar-refractivity contribution in [3.8, 4) is 0 Å². The van der Waals surface area contributed by atoms with Crippen molar-refractivity contribution in [2.24, 2.45) is 11.7 Å². The Morgan fingerprint density at radius 2 is 1.81 bits per heavy atom. The quantitative estimate of drug-likeness (QED) is 0.889. The molecule has 0 amide bonds. The minimum absolute atomic E-state index is 0.420. The van der Waals surface area contributed by atoms with Gasteiger partial charge in [0.1, 0.15) is 0 Å². The first-order valence-corrected chi connectivity index (χ1v) is 8.88. The summed E-state index contributed by atoms with van der Waals surface area (Å²) in [6, 6.07) is 10.4. The zero-order valence-corrected chi connectivity index (χ0v) is 13.4. The molecule has 1 aliphatic heterocycles. The molecule has 1 saturated carbocycles. The first kappa shape index (κ1) is 15.1. The number of aryl methyl sites for hydroxylation is 1. The summed E-state index contributed by atoms with van der Waals surface area (Å²) in [6.45, 7) is 4.19. The minimum Gasteiger partial charge on any atom is -0.329 e.